The lowest BCUT2D eigenvalue weighted by Gasteiger charge is -2.08. The molecule has 6 nitrogen and oxygen atoms in total. The molecule has 0 saturated heterocycles. The van der Waals surface area contributed by atoms with Gasteiger partial charge in [0.2, 0.25) is 11.7 Å². The second-order valence-corrected chi connectivity index (χ2v) is 4.17. The van der Waals surface area contributed by atoms with Gasteiger partial charge in [-0.15, -0.1) is 0 Å². The molecule has 1 aromatic heterocycles. The van der Waals surface area contributed by atoms with E-state index in [2.05, 4.69) is 26.1 Å². The Kier molecular flexibility index (Phi) is 3.48. The van der Waals surface area contributed by atoms with Crippen LogP contribution in [0.15, 0.2) is 15.1 Å². The van der Waals surface area contributed by atoms with E-state index in [1.165, 1.54) is 13.2 Å². The summed E-state index contributed by atoms with van der Waals surface area (Å²) >= 11 is 3.16. The molecular formula is C10H9BrFN3O3. The molecule has 3 N–H and O–H groups in total. The van der Waals surface area contributed by atoms with E-state index in [0.717, 1.165) is 0 Å². The van der Waals surface area contributed by atoms with Crippen molar-refractivity contribution in [2.75, 3.05) is 7.11 Å². The van der Waals surface area contributed by atoms with Crippen molar-refractivity contribution >= 4 is 15.9 Å². The zero-order valence-electron chi connectivity index (χ0n) is 9.28. The van der Waals surface area contributed by atoms with E-state index in [-0.39, 0.29) is 29.6 Å². The predicted octanol–water partition coefficient (Wildman–Crippen LogP) is 1.81. The number of rotatable bonds is 3. The monoisotopic (exact) mass is 317 g/mol. The van der Waals surface area contributed by atoms with Gasteiger partial charge in [0.1, 0.15) is 0 Å². The van der Waals surface area contributed by atoms with Crippen molar-refractivity contribution in [3.63, 3.8) is 0 Å². The van der Waals surface area contributed by atoms with Gasteiger partial charge in [-0.3, -0.25) is 0 Å². The van der Waals surface area contributed by atoms with Crippen LogP contribution in [0.2, 0.25) is 0 Å². The van der Waals surface area contributed by atoms with E-state index in [9.17, 15) is 9.50 Å². The molecule has 0 unspecified atom stereocenters. The number of phenols is 1. The first kappa shape index (κ1) is 12.8. The second-order valence-electron chi connectivity index (χ2n) is 3.31. The first-order chi connectivity index (χ1) is 8.58. The highest BCUT2D eigenvalue weighted by Gasteiger charge is 2.22. The number of benzene rings is 1. The Balaban J connectivity index is 2.60. The van der Waals surface area contributed by atoms with Gasteiger partial charge < -0.3 is 20.1 Å². The number of phenolic OH excluding ortho intramolecular Hbond substituents is 1. The fraction of sp³-hybridized carbons (Fsp3) is 0.200. The minimum Gasteiger partial charge on any atom is -0.502 e. The summed E-state index contributed by atoms with van der Waals surface area (Å²) in [6.45, 7) is 0.0500. The van der Waals surface area contributed by atoms with E-state index < -0.39 is 11.6 Å². The number of halogens is 2. The summed E-state index contributed by atoms with van der Waals surface area (Å²) in [4.78, 5) is 3.89. The van der Waals surface area contributed by atoms with E-state index in [4.69, 9.17) is 15.0 Å². The molecule has 8 heteroatoms. The van der Waals surface area contributed by atoms with Gasteiger partial charge in [-0.2, -0.15) is 4.98 Å². The Morgan fingerprint density at radius 1 is 1.61 bits per heavy atom. The largest absolute Gasteiger partial charge is 0.502 e. The van der Waals surface area contributed by atoms with Gasteiger partial charge in [-0.1, -0.05) is 5.16 Å². The molecule has 0 aliphatic heterocycles. The van der Waals surface area contributed by atoms with Gasteiger partial charge in [0.15, 0.2) is 17.3 Å². The first-order valence-electron chi connectivity index (χ1n) is 4.86. The maximum absolute atomic E-state index is 14.0. The Labute approximate surface area is 110 Å². The molecule has 0 saturated carbocycles. The van der Waals surface area contributed by atoms with Crippen LogP contribution in [-0.2, 0) is 6.54 Å². The highest BCUT2D eigenvalue weighted by molar-refractivity contribution is 9.10. The fourth-order valence-electron chi connectivity index (χ4n) is 1.39. The molecule has 2 rings (SSSR count). The molecule has 0 atom stereocenters. The van der Waals surface area contributed by atoms with Crippen LogP contribution in [0.25, 0.3) is 11.4 Å². The lowest BCUT2D eigenvalue weighted by molar-refractivity contribution is 0.357. The van der Waals surface area contributed by atoms with Crippen molar-refractivity contribution in [2.45, 2.75) is 6.54 Å². The molecule has 1 aromatic carbocycles. The van der Waals surface area contributed by atoms with Crippen molar-refractivity contribution in [3.05, 3.63) is 22.2 Å². The molecular weight excluding hydrogens is 309 g/mol. The van der Waals surface area contributed by atoms with E-state index in [1.807, 2.05) is 0 Å². The van der Waals surface area contributed by atoms with Crippen LogP contribution in [0.4, 0.5) is 4.39 Å². The van der Waals surface area contributed by atoms with Crippen molar-refractivity contribution < 1.29 is 18.8 Å². The number of ether oxygens (including phenoxy) is 1. The maximum Gasteiger partial charge on any atom is 0.240 e. The third-order valence-corrected chi connectivity index (χ3v) is 2.87. The Morgan fingerprint density at radius 3 is 2.89 bits per heavy atom. The summed E-state index contributed by atoms with van der Waals surface area (Å²) in [5, 5.41) is 13.2. The van der Waals surface area contributed by atoms with Crippen molar-refractivity contribution in [2.24, 2.45) is 5.73 Å². The zero-order valence-corrected chi connectivity index (χ0v) is 10.9. The molecule has 18 heavy (non-hydrogen) atoms. The number of aromatic hydroxyl groups is 1. The van der Waals surface area contributed by atoms with Gasteiger partial charge in [-0.25, -0.2) is 4.39 Å². The standard InChI is InChI=1S/C10H9BrFN3O3/c1-17-5-2-4(11)7(8(12)9(5)16)10-14-6(3-13)18-15-10/h2,16H,3,13H2,1H3. The maximum atomic E-state index is 14.0. The number of nitrogens with two attached hydrogens (primary N) is 1. The summed E-state index contributed by atoms with van der Waals surface area (Å²) in [6, 6.07) is 1.41. The second kappa shape index (κ2) is 4.91. The predicted molar refractivity (Wildman–Crippen MR) is 63.5 cm³/mol. The van der Waals surface area contributed by atoms with Crippen LogP contribution in [-0.4, -0.2) is 22.4 Å². The molecule has 0 radical (unpaired) electrons. The third-order valence-electron chi connectivity index (χ3n) is 2.24. The number of nitrogens with zero attached hydrogens (tertiary/aromatic N) is 2. The number of hydrogen-bond donors (Lipinski definition) is 2. The Morgan fingerprint density at radius 2 is 2.33 bits per heavy atom. The molecule has 0 spiro atoms. The lowest BCUT2D eigenvalue weighted by Crippen LogP contribution is -1.97. The van der Waals surface area contributed by atoms with Crippen molar-refractivity contribution in [1.29, 1.82) is 0 Å². The minimum absolute atomic E-state index is 0.00206. The van der Waals surface area contributed by atoms with Gasteiger partial charge in [0.05, 0.1) is 19.2 Å². The molecule has 0 fully saturated rings. The molecule has 0 bridgehead atoms. The van der Waals surface area contributed by atoms with E-state index in [1.54, 1.807) is 0 Å². The van der Waals surface area contributed by atoms with Gasteiger partial charge in [0.25, 0.3) is 0 Å². The van der Waals surface area contributed by atoms with Crippen LogP contribution >= 0.6 is 15.9 Å². The highest BCUT2D eigenvalue weighted by atomic mass is 79.9. The van der Waals surface area contributed by atoms with Gasteiger partial charge in [-0.05, 0) is 22.0 Å². The van der Waals surface area contributed by atoms with Crippen molar-refractivity contribution in [1.82, 2.24) is 10.1 Å². The van der Waals surface area contributed by atoms with Gasteiger partial charge >= 0.3 is 0 Å². The van der Waals surface area contributed by atoms with Gasteiger partial charge in [0, 0.05) is 4.47 Å². The SMILES string of the molecule is COc1cc(Br)c(-c2noc(CN)n2)c(F)c1O. The smallest absolute Gasteiger partial charge is 0.240 e. The number of hydrogen-bond acceptors (Lipinski definition) is 6. The first-order valence-corrected chi connectivity index (χ1v) is 5.65. The molecule has 2 aromatic rings. The average Bonchev–Trinajstić information content (AvgIpc) is 2.82. The average molecular weight is 318 g/mol. The van der Waals surface area contributed by atoms with Crippen LogP contribution in [0.1, 0.15) is 5.89 Å². The van der Waals surface area contributed by atoms with E-state index >= 15 is 0 Å². The topological polar surface area (TPSA) is 94.4 Å². The van der Waals surface area contributed by atoms with E-state index in [0.29, 0.717) is 4.47 Å². The third kappa shape index (κ3) is 2.04. The fourth-order valence-corrected chi connectivity index (χ4v) is 1.95. The summed E-state index contributed by atoms with van der Waals surface area (Å²) in [5.41, 5.74) is 5.30. The summed E-state index contributed by atoms with van der Waals surface area (Å²) in [7, 11) is 1.32. The Hall–Kier alpha value is -1.67. The minimum atomic E-state index is -0.898. The Bertz CT molecular complexity index is 588. The van der Waals surface area contributed by atoms with Crippen LogP contribution in [0, 0.1) is 5.82 Å². The molecule has 0 aliphatic rings. The summed E-state index contributed by atoms with van der Waals surface area (Å²) < 4.78 is 23.9. The summed E-state index contributed by atoms with van der Waals surface area (Å²) in [6.07, 6.45) is 0. The van der Waals surface area contributed by atoms with Crippen molar-refractivity contribution in [3.8, 4) is 22.9 Å². The van der Waals surface area contributed by atoms with Crippen LogP contribution in [0.3, 0.4) is 0 Å². The molecule has 0 amide bonds. The van der Waals surface area contributed by atoms with Crippen LogP contribution in [0.5, 0.6) is 11.5 Å². The zero-order chi connectivity index (χ0) is 13.3. The lowest BCUT2D eigenvalue weighted by atomic mass is 10.1. The quantitative estimate of drug-likeness (QED) is 0.896. The number of methoxy groups -OCH3 is 1. The molecule has 0 aliphatic carbocycles. The van der Waals surface area contributed by atoms with Crippen LogP contribution < -0.4 is 10.5 Å². The summed E-state index contributed by atoms with van der Waals surface area (Å²) in [5.74, 6) is -1.34. The molecule has 96 valence electrons. The number of aromatic nitrogens is 2. The molecule has 1 heterocycles. The highest BCUT2D eigenvalue weighted by Crippen LogP contribution is 2.40. The normalized spacial score (nSPS) is 10.7.